The molecule has 1 aromatic rings. The number of nitrogens with one attached hydrogen (secondary N) is 3. The standard InChI is InChI=1S/C25H34N4O4/c30-22-4-3-21(23(31)28-22)29-15-18-2-1-17(13-20(18)24(29)32)14-27-16-25(7-11-33-12-8-25)19-5-9-26-10-6-19/h1-2,13,19,21,26-27H,3-12,14-16H2,(H,28,30,31). The van der Waals surface area contributed by atoms with Crippen LogP contribution in [-0.4, -0.2) is 61.5 Å². The van der Waals surface area contributed by atoms with Gasteiger partial charge in [-0.3, -0.25) is 19.7 Å². The first-order valence-corrected chi connectivity index (χ1v) is 12.3. The Labute approximate surface area is 194 Å². The summed E-state index contributed by atoms with van der Waals surface area (Å²) in [6.07, 6.45) is 5.33. The second kappa shape index (κ2) is 9.52. The number of piperidine rings is 2. The molecule has 1 aromatic carbocycles. The molecule has 0 bridgehead atoms. The zero-order chi connectivity index (χ0) is 22.8. The first-order chi connectivity index (χ1) is 16.1. The molecule has 0 spiro atoms. The zero-order valence-corrected chi connectivity index (χ0v) is 19.2. The Hall–Kier alpha value is -2.29. The molecule has 0 aliphatic carbocycles. The number of hydrogen-bond acceptors (Lipinski definition) is 6. The maximum absolute atomic E-state index is 13.1. The minimum Gasteiger partial charge on any atom is -0.381 e. The Morgan fingerprint density at radius 3 is 2.64 bits per heavy atom. The van der Waals surface area contributed by atoms with Crippen molar-refractivity contribution in [3.05, 3.63) is 34.9 Å². The van der Waals surface area contributed by atoms with E-state index in [1.54, 1.807) is 4.90 Å². The van der Waals surface area contributed by atoms with Gasteiger partial charge in [0.05, 0.1) is 0 Å². The third-order valence-electron chi connectivity index (χ3n) is 8.09. The highest BCUT2D eigenvalue weighted by Gasteiger charge is 2.41. The lowest BCUT2D eigenvalue weighted by Crippen LogP contribution is -2.52. The van der Waals surface area contributed by atoms with E-state index in [9.17, 15) is 14.4 Å². The first-order valence-electron chi connectivity index (χ1n) is 12.3. The highest BCUT2D eigenvalue weighted by Crippen LogP contribution is 2.42. The van der Waals surface area contributed by atoms with Crippen LogP contribution in [0.4, 0.5) is 0 Å². The van der Waals surface area contributed by atoms with Crippen LogP contribution in [0.25, 0.3) is 0 Å². The van der Waals surface area contributed by atoms with Crippen molar-refractivity contribution >= 4 is 17.7 Å². The molecule has 178 valence electrons. The Kier molecular flexibility index (Phi) is 6.49. The fraction of sp³-hybridized carbons (Fsp3) is 0.640. The molecule has 1 unspecified atom stereocenters. The number of imide groups is 1. The monoisotopic (exact) mass is 454 g/mol. The number of nitrogens with zero attached hydrogens (tertiary/aromatic N) is 1. The molecule has 4 aliphatic heterocycles. The SMILES string of the molecule is O=C1CCC(N2Cc3ccc(CNCC4(C5CCNCC5)CCOCC4)cc3C2=O)C(=O)N1. The Morgan fingerprint density at radius 2 is 1.88 bits per heavy atom. The Bertz CT molecular complexity index is 921. The summed E-state index contributed by atoms with van der Waals surface area (Å²) in [4.78, 5) is 38.4. The molecule has 3 saturated heterocycles. The molecule has 3 amide bonds. The summed E-state index contributed by atoms with van der Waals surface area (Å²) in [6, 6.07) is 5.49. The van der Waals surface area contributed by atoms with E-state index in [0.717, 1.165) is 62.7 Å². The molecule has 3 fully saturated rings. The van der Waals surface area contributed by atoms with Crippen LogP contribution in [0.5, 0.6) is 0 Å². The van der Waals surface area contributed by atoms with E-state index in [0.29, 0.717) is 25.1 Å². The smallest absolute Gasteiger partial charge is 0.255 e. The van der Waals surface area contributed by atoms with Gasteiger partial charge in [-0.1, -0.05) is 12.1 Å². The molecule has 0 saturated carbocycles. The highest BCUT2D eigenvalue weighted by molar-refractivity contribution is 6.05. The van der Waals surface area contributed by atoms with Gasteiger partial charge in [0.25, 0.3) is 5.91 Å². The van der Waals surface area contributed by atoms with E-state index in [4.69, 9.17) is 4.74 Å². The van der Waals surface area contributed by atoms with Gasteiger partial charge < -0.3 is 20.3 Å². The molecule has 8 nitrogen and oxygen atoms in total. The molecule has 0 radical (unpaired) electrons. The minimum absolute atomic E-state index is 0.114. The van der Waals surface area contributed by atoms with Crippen LogP contribution in [0, 0.1) is 11.3 Å². The van der Waals surface area contributed by atoms with Crippen molar-refractivity contribution < 1.29 is 19.1 Å². The van der Waals surface area contributed by atoms with Gasteiger partial charge in [-0.2, -0.15) is 0 Å². The fourth-order valence-corrected chi connectivity index (χ4v) is 6.11. The van der Waals surface area contributed by atoms with Crippen LogP contribution >= 0.6 is 0 Å². The molecular weight excluding hydrogens is 420 g/mol. The average Bonchev–Trinajstić information content (AvgIpc) is 3.16. The average molecular weight is 455 g/mol. The van der Waals surface area contributed by atoms with Crippen molar-refractivity contribution in [1.82, 2.24) is 20.9 Å². The van der Waals surface area contributed by atoms with E-state index in [-0.39, 0.29) is 29.6 Å². The number of benzene rings is 1. The molecule has 1 atom stereocenters. The van der Waals surface area contributed by atoms with E-state index >= 15 is 0 Å². The maximum atomic E-state index is 13.1. The number of fused-ring (bicyclic) bond motifs is 1. The predicted molar refractivity (Wildman–Crippen MR) is 122 cm³/mol. The largest absolute Gasteiger partial charge is 0.381 e. The van der Waals surface area contributed by atoms with Crippen LogP contribution in [-0.2, 0) is 27.4 Å². The maximum Gasteiger partial charge on any atom is 0.255 e. The highest BCUT2D eigenvalue weighted by atomic mass is 16.5. The molecule has 33 heavy (non-hydrogen) atoms. The lowest BCUT2D eigenvalue weighted by molar-refractivity contribution is -0.136. The van der Waals surface area contributed by atoms with Gasteiger partial charge in [-0.05, 0) is 73.7 Å². The third-order valence-corrected chi connectivity index (χ3v) is 8.09. The van der Waals surface area contributed by atoms with E-state index in [1.165, 1.54) is 12.8 Å². The number of rotatable bonds is 6. The third kappa shape index (κ3) is 4.56. The van der Waals surface area contributed by atoms with Crippen molar-refractivity contribution in [1.29, 1.82) is 0 Å². The molecule has 5 rings (SSSR count). The van der Waals surface area contributed by atoms with Crippen LogP contribution in [0.15, 0.2) is 18.2 Å². The lowest BCUT2D eigenvalue weighted by atomic mass is 9.66. The van der Waals surface area contributed by atoms with Crippen molar-refractivity contribution in [2.24, 2.45) is 11.3 Å². The molecule has 0 aromatic heterocycles. The van der Waals surface area contributed by atoms with Gasteiger partial charge in [-0.25, -0.2) is 0 Å². The Morgan fingerprint density at radius 1 is 1.09 bits per heavy atom. The number of hydrogen-bond donors (Lipinski definition) is 3. The van der Waals surface area contributed by atoms with E-state index in [1.807, 2.05) is 12.1 Å². The lowest BCUT2D eigenvalue weighted by Gasteiger charge is -2.45. The number of ether oxygens (including phenoxy) is 1. The zero-order valence-electron chi connectivity index (χ0n) is 19.2. The van der Waals surface area contributed by atoms with Gasteiger partial charge in [0, 0.05) is 44.8 Å². The van der Waals surface area contributed by atoms with Gasteiger partial charge in [0.1, 0.15) is 6.04 Å². The van der Waals surface area contributed by atoms with E-state index < -0.39 is 6.04 Å². The van der Waals surface area contributed by atoms with Gasteiger partial charge >= 0.3 is 0 Å². The van der Waals surface area contributed by atoms with Crippen molar-refractivity contribution in [2.45, 2.75) is 57.7 Å². The summed E-state index contributed by atoms with van der Waals surface area (Å²) in [5.74, 6) is -0.0229. The van der Waals surface area contributed by atoms with Crippen LogP contribution in [0.1, 0.15) is 60.0 Å². The topological polar surface area (TPSA) is 99.8 Å². The fourth-order valence-electron chi connectivity index (χ4n) is 6.11. The molecule has 4 heterocycles. The molecule has 3 N–H and O–H groups in total. The normalized spacial score (nSPS) is 25.8. The van der Waals surface area contributed by atoms with Crippen molar-refractivity contribution in [3.8, 4) is 0 Å². The van der Waals surface area contributed by atoms with Crippen molar-refractivity contribution in [2.75, 3.05) is 32.8 Å². The summed E-state index contributed by atoms with van der Waals surface area (Å²) in [7, 11) is 0. The molecule has 4 aliphatic rings. The molecular formula is C25H34N4O4. The van der Waals surface area contributed by atoms with Gasteiger partial charge in [-0.15, -0.1) is 0 Å². The van der Waals surface area contributed by atoms with E-state index in [2.05, 4.69) is 22.0 Å². The van der Waals surface area contributed by atoms with Crippen LogP contribution in [0.3, 0.4) is 0 Å². The second-order valence-electron chi connectivity index (χ2n) is 9.99. The predicted octanol–water partition coefficient (Wildman–Crippen LogP) is 1.33. The Balaban J connectivity index is 1.23. The number of amides is 3. The van der Waals surface area contributed by atoms with Crippen molar-refractivity contribution in [3.63, 3.8) is 0 Å². The number of carbonyl (C=O) groups is 3. The minimum atomic E-state index is -0.567. The van der Waals surface area contributed by atoms with Gasteiger partial charge in [0.2, 0.25) is 11.8 Å². The first kappa shape index (κ1) is 22.5. The van der Waals surface area contributed by atoms with Gasteiger partial charge in [0.15, 0.2) is 0 Å². The second-order valence-corrected chi connectivity index (χ2v) is 9.99. The summed E-state index contributed by atoms with van der Waals surface area (Å²) in [5, 5.41) is 9.54. The summed E-state index contributed by atoms with van der Waals surface area (Å²) >= 11 is 0. The quantitative estimate of drug-likeness (QED) is 0.561. The summed E-state index contributed by atoms with van der Waals surface area (Å²) < 4.78 is 5.68. The summed E-state index contributed by atoms with van der Waals surface area (Å²) in [6.45, 7) is 5.99. The molecule has 8 heteroatoms. The number of carbonyl (C=O) groups excluding carboxylic acids is 3. The van der Waals surface area contributed by atoms with Crippen LogP contribution < -0.4 is 16.0 Å². The van der Waals surface area contributed by atoms with Crippen LogP contribution in [0.2, 0.25) is 0 Å². The summed E-state index contributed by atoms with van der Waals surface area (Å²) in [5.41, 5.74) is 3.00.